The summed E-state index contributed by atoms with van der Waals surface area (Å²) in [5, 5.41) is 0. The van der Waals surface area contributed by atoms with E-state index in [4.69, 9.17) is 4.74 Å². The van der Waals surface area contributed by atoms with Gasteiger partial charge in [0.1, 0.15) is 18.2 Å². The summed E-state index contributed by atoms with van der Waals surface area (Å²) < 4.78 is 45.2. The highest BCUT2D eigenvalue weighted by Gasteiger charge is 2.13. The minimum absolute atomic E-state index is 0.0348. The van der Waals surface area contributed by atoms with Crippen LogP contribution in [0.3, 0.4) is 0 Å². The maximum absolute atomic E-state index is 12.9. The number of hydrogen-bond acceptors (Lipinski definition) is 4. The zero-order chi connectivity index (χ0) is 17.6. The number of benzene rings is 2. The van der Waals surface area contributed by atoms with Crippen molar-refractivity contribution in [3.8, 4) is 5.75 Å². The molecule has 130 valence electrons. The van der Waals surface area contributed by atoms with Crippen LogP contribution in [-0.2, 0) is 16.6 Å². The summed E-state index contributed by atoms with van der Waals surface area (Å²) >= 11 is 0. The Bertz CT molecular complexity index is 744. The standard InChI is InChI=1S/C17H21FN2O3S/c1-20(2)11-12-23-16-7-3-14(4-8-16)13-19-24(21,22)17-9-5-15(18)6-10-17/h3-10,19H,11-13H2,1-2H3. The maximum Gasteiger partial charge on any atom is 0.240 e. The number of likely N-dealkylation sites (N-methyl/N-ethyl adjacent to an activating group) is 1. The zero-order valence-corrected chi connectivity index (χ0v) is 14.5. The molecule has 0 aliphatic carbocycles. The molecule has 0 aromatic heterocycles. The molecule has 0 fully saturated rings. The smallest absolute Gasteiger partial charge is 0.240 e. The molecule has 0 spiro atoms. The van der Waals surface area contributed by atoms with E-state index in [1.54, 1.807) is 24.3 Å². The van der Waals surface area contributed by atoms with Crippen LogP contribution in [0, 0.1) is 5.82 Å². The predicted molar refractivity (Wildman–Crippen MR) is 90.9 cm³/mol. The zero-order valence-electron chi connectivity index (χ0n) is 13.7. The van der Waals surface area contributed by atoms with E-state index in [2.05, 4.69) is 4.72 Å². The highest BCUT2D eigenvalue weighted by molar-refractivity contribution is 7.89. The third-order valence-corrected chi connectivity index (χ3v) is 4.74. The monoisotopic (exact) mass is 352 g/mol. The molecule has 0 aliphatic rings. The first-order valence-corrected chi connectivity index (χ1v) is 8.97. The Labute approximate surface area is 142 Å². The Morgan fingerprint density at radius 2 is 1.67 bits per heavy atom. The van der Waals surface area contributed by atoms with E-state index in [1.165, 1.54) is 12.1 Å². The lowest BCUT2D eigenvalue weighted by molar-refractivity contribution is 0.261. The molecule has 2 aromatic rings. The van der Waals surface area contributed by atoms with Crippen LogP contribution >= 0.6 is 0 Å². The summed E-state index contributed by atoms with van der Waals surface area (Å²) in [7, 11) is 0.281. The molecule has 2 aromatic carbocycles. The second kappa shape index (κ2) is 8.23. The van der Waals surface area contributed by atoms with Gasteiger partial charge in [-0.1, -0.05) is 12.1 Å². The van der Waals surface area contributed by atoms with Crippen LogP contribution < -0.4 is 9.46 Å². The second-order valence-electron chi connectivity index (χ2n) is 5.57. The fourth-order valence-electron chi connectivity index (χ4n) is 1.93. The average Bonchev–Trinajstić information content (AvgIpc) is 2.54. The summed E-state index contributed by atoms with van der Waals surface area (Å²) in [4.78, 5) is 2.06. The normalized spacial score (nSPS) is 11.7. The number of rotatable bonds is 8. The van der Waals surface area contributed by atoms with E-state index in [1.807, 2.05) is 19.0 Å². The van der Waals surface area contributed by atoms with Crippen molar-refractivity contribution in [1.82, 2.24) is 9.62 Å². The van der Waals surface area contributed by atoms with Gasteiger partial charge in [0.05, 0.1) is 4.90 Å². The second-order valence-corrected chi connectivity index (χ2v) is 7.34. The molecule has 0 saturated heterocycles. The molecule has 0 saturated carbocycles. The molecular formula is C17H21FN2O3S. The quantitative estimate of drug-likeness (QED) is 0.792. The molecule has 0 heterocycles. The molecule has 0 unspecified atom stereocenters. The van der Waals surface area contributed by atoms with Crippen molar-refractivity contribution in [3.63, 3.8) is 0 Å². The lowest BCUT2D eigenvalue weighted by Gasteiger charge is -2.11. The molecule has 24 heavy (non-hydrogen) atoms. The number of hydrogen-bond donors (Lipinski definition) is 1. The molecule has 2 rings (SSSR count). The molecule has 0 amide bonds. The number of nitrogens with one attached hydrogen (secondary N) is 1. The molecular weight excluding hydrogens is 331 g/mol. The van der Waals surface area contributed by atoms with Gasteiger partial charge in [-0.15, -0.1) is 0 Å². The Kier molecular flexibility index (Phi) is 6.30. The molecule has 0 aliphatic heterocycles. The number of nitrogens with zero attached hydrogens (tertiary/aromatic N) is 1. The van der Waals surface area contributed by atoms with E-state index in [0.29, 0.717) is 6.61 Å². The van der Waals surface area contributed by atoms with Crippen molar-refractivity contribution in [2.45, 2.75) is 11.4 Å². The van der Waals surface area contributed by atoms with Gasteiger partial charge < -0.3 is 9.64 Å². The molecule has 7 heteroatoms. The van der Waals surface area contributed by atoms with Gasteiger partial charge in [-0.05, 0) is 56.1 Å². The Morgan fingerprint density at radius 1 is 1.04 bits per heavy atom. The fraction of sp³-hybridized carbons (Fsp3) is 0.294. The highest BCUT2D eigenvalue weighted by atomic mass is 32.2. The summed E-state index contributed by atoms with van der Waals surface area (Å²) in [5.41, 5.74) is 0.806. The van der Waals surface area contributed by atoms with E-state index in [9.17, 15) is 12.8 Å². The fourth-order valence-corrected chi connectivity index (χ4v) is 2.94. The van der Waals surface area contributed by atoms with Gasteiger partial charge >= 0.3 is 0 Å². The first-order chi connectivity index (χ1) is 11.4. The van der Waals surface area contributed by atoms with Crippen LogP contribution in [0.2, 0.25) is 0 Å². The van der Waals surface area contributed by atoms with Gasteiger partial charge in [0.2, 0.25) is 10.0 Å². The summed E-state index contributed by atoms with van der Waals surface area (Å²) in [5.74, 6) is 0.265. The Hall–Kier alpha value is -1.96. The van der Waals surface area contributed by atoms with Crippen molar-refractivity contribution in [2.24, 2.45) is 0 Å². The third kappa shape index (κ3) is 5.59. The summed E-state index contributed by atoms with van der Waals surface area (Å²) in [6, 6.07) is 11.9. The molecule has 0 radical (unpaired) electrons. The van der Waals surface area contributed by atoms with Crippen molar-refractivity contribution in [2.75, 3.05) is 27.2 Å². The number of halogens is 1. The van der Waals surface area contributed by atoms with Gasteiger partial charge in [0.25, 0.3) is 0 Å². The minimum Gasteiger partial charge on any atom is -0.492 e. The molecule has 0 bridgehead atoms. The molecule has 5 nitrogen and oxygen atoms in total. The molecule has 0 atom stereocenters. The van der Waals surface area contributed by atoms with Crippen LogP contribution in [0.4, 0.5) is 4.39 Å². The van der Waals surface area contributed by atoms with E-state index >= 15 is 0 Å². The Morgan fingerprint density at radius 3 is 2.25 bits per heavy atom. The van der Waals surface area contributed by atoms with Gasteiger partial charge in [0, 0.05) is 13.1 Å². The number of ether oxygens (including phenoxy) is 1. The van der Waals surface area contributed by atoms with Gasteiger partial charge in [-0.25, -0.2) is 17.5 Å². The lowest BCUT2D eigenvalue weighted by Crippen LogP contribution is -2.23. The van der Waals surface area contributed by atoms with E-state index in [0.717, 1.165) is 30.0 Å². The summed E-state index contributed by atoms with van der Waals surface area (Å²) in [6.45, 7) is 1.56. The van der Waals surface area contributed by atoms with Gasteiger partial charge in [-0.2, -0.15) is 0 Å². The van der Waals surface area contributed by atoms with Crippen molar-refractivity contribution >= 4 is 10.0 Å². The Balaban J connectivity index is 1.90. The third-order valence-electron chi connectivity index (χ3n) is 3.32. The van der Waals surface area contributed by atoms with E-state index < -0.39 is 15.8 Å². The van der Waals surface area contributed by atoms with Crippen LogP contribution in [0.5, 0.6) is 5.75 Å². The lowest BCUT2D eigenvalue weighted by atomic mass is 10.2. The maximum atomic E-state index is 12.9. The first-order valence-electron chi connectivity index (χ1n) is 7.48. The first kappa shape index (κ1) is 18.4. The van der Waals surface area contributed by atoms with Crippen LogP contribution in [-0.4, -0.2) is 40.6 Å². The van der Waals surface area contributed by atoms with Crippen molar-refractivity contribution < 1.29 is 17.5 Å². The predicted octanol–water partition coefficient (Wildman–Crippen LogP) is 2.24. The van der Waals surface area contributed by atoms with Crippen LogP contribution in [0.15, 0.2) is 53.4 Å². The average molecular weight is 352 g/mol. The minimum atomic E-state index is -3.66. The molecule has 1 N–H and O–H groups in total. The van der Waals surface area contributed by atoms with Gasteiger partial charge in [-0.3, -0.25) is 0 Å². The van der Waals surface area contributed by atoms with Crippen LogP contribution in [0.1, 0.15) is 5.56 Å². The summed E-state index contributed by atoms with van der Waals surface area (Å²) in [6.07, 6.45) is 0. The SMILES string of the molecule is CN(C)CCOc1ccc(CNS(=O)(=O)c2ccc(F)cc2)cc1. The number of sulfonamides is 1. The topological polar surface area (TPSA) is 58.6 Å². The van der Waals surface area contributed by atoms with Gasteiger partial charge in [0.15, 0.2) is 0 Å². The van der Waals surface area contributed by atoms with Crippen molar-refractivity contribution in [1.29, 1.82) is 0 Å². The van der Waals surface area contributed by atoms with Crippen LogP contribution in [0.25, 0.3) is 0 Å². The largest absolute Gasteiger partial charge is 0.492 e. The van der Waals surface area contributed by atoms with E-state index in [-0.39, 0.29) is 11.4 Å². The highest BCUT2D eigenvalue weighted by Crippen LogP contribution is 2.14. The van der Waals surface area contributed by atoms with Crippen molar-refractivity contribution in [3.05, 3.63) is 59.9 Å².